The number of rotatable bonds is 3. The first kappa shape index (κ1) is 15.7. The van der Waals surface area contributed by atoms with Crippen molar-refractivity contribution < 1.29 is 19.1 Å². The Kier molecular flexibility index (Phi) is 4.22. The highest BCUT2D eigenvalue weighted by Gasteiger charge is 2.48. The van der Waals surface area contributed by atoms with E-state index in [0.717, 1.165) is 0 Å². The Morgan fingerprint density at radius 3 is 2.52 bits per heavy atom. The van der Waals surface area contributed by atoms with Crippen molar-refractivity contribution in [2.45, 2.75) is 19.8 Å². The number of esters is 1. The molecular formula is C17H16ClNO4. The average Bonchev–Trinajstić information content (AvgIpc) is 2.79. The van der Waals surface area contributed by atoms with Gasteiger partial charge in [0.15, 0.2) is 0 Å². The van der Waals surface area contributed by atoms with Crippen LogP contribution in [0.5, 0.6) is 0 Å². The monoisotopic (exact) mass is 333 g/mol. The molecule has 2 atom stereocenters. The minimum atomic E-state index is -0.428. The topological polar surface area (TPSA) is 63.7 Å². The second-order valence-corrected chi connectivity index (χ2v) is 6.07. The molecule has 1 aromatic rings. The number of halogens is 1. The number of carbonyl (C=O) groups is 3. The molecule has 1 aliphatic heterocycles. The van der Waals surface area contributed by atoms with Crippen molar-refractivity contribution >= 4 is 35.1 Å². The van der Waals surface area contributed by atoms with Crippen LogP contribution in [0.25, 0.3) is 0 Å². The van der Waals surface area contributed by atoms with Crippen molar-refractivity contribution in [1.29, 1.82) is 0 Å². The van der Waals surface area contributed by atoms with Crippen molar-refractivity contribution in [3.8, 4) is 0 Å². The number of nitrogens with zero attached hydrogens (tertiary/aromatic N) is 1. The van der Waals surface area contributed by atoms with E-state index in [2.05, 4.69) is 0 Å². The van der Waals surface area contributed by atoms with Crippen LogP contribution in [-0.4, -0.2) is 24.4 Å². The molecule has 5 nitrogen and oxygen atoms in total. The lowest BCUT2D eigenvalue weighted by Crippen LogP contribution is -2.30. The van der Waals surface area contributed by atoms with Gasteiger partial charge in [-0.25, -0.2) is 4.79 Å². The molecule has 2 aliphatic rings. The first-order valence-corrected chi connectivity index (χ1v) is 7.90. The molecule has 1 saturated heterocycles. The molecule has 6 heteroatoms. The molecule has 1 aromatic carbocycles. The van der Waals surface area contributed by atoms with E-state index in [1.165, 1.54) is 4.90 Å². The van der Waals surface area contributed by atoms with Gasteiger partial charge in [0.2, 0.25) is 11.8 Å². The molecule has 1 fully saturated rings. The van der Waals surface area contributed by atoms with E-state index in [-0.39, 0.29) is 23.7 Å². The Balaban J connectivity index is 1.84. The fraction of sp³-hybridized carbons (Fsp3) is 0.353. The van der Waals surface area contributed by atoms with Crippen LogP contribution in [0.1, 0.15) is 30.1 Å². The molecule has 0 aromatic heterocycles. The first-order valence-electron chi connectivity index (χ1n) is 7.52. The van der Waals surface area contributed by atoms with Crippen LogP contribution in [0.2, 0.25) is 0 Å². The summed E-state index contributed by atoms with van der Waals surface area (Å²) in [5, 5.41) is 0.631. The number of carbonyl (C=O) groups excluding carboxylic acids is 3. The van der Waals surface area contributed by atoms with E-state index in [0.29, 0.717) is 35.7 Å². The zero-order valence-electron chi connectivity index (χ0n) is 12.6. The van der Waals surface area contributed by atoms with Gasteiger partial charge in [-0.05, 0) is 44.0 Å². The molecule has 3 rings (SSSR count). The zero-order valence-corrected chi connectivity index (χ0v) is 13.4. The van der Waals surface area contributed by atoms with E-state index in [1.807, 2.05) is 0 Å². The second-order valence-electron chi connectivity index (χ2n) is 5.58. The Bertz CT molecular complexity index is 695. The fourth-order valence-electron chi connectivity index (χ4n) is 3.04. The summed E-state index contributed by atoms with van der Waals surface area (Å²) in [6.45, 7) is 2.02. The molecule has 23 heavy (non-hydrogen) atoms. The molecule has 2 amide bonds. The van der Waals surface area contributed by atoms with Gasteiger partial charge in [-0.15, -0.1) is 0 Å². The Labute approximate surface area is 138 Å². The average molecular weight is 334 g/mol. The van der Waals surface area contributed by atoms with Gasteiger partial charge in [0.25, 0.3) is 0 Å². The lowest BCUT2D eigenvalue weighted by atomic mass is 9.85. The smallest absolute Gasteiger partial charge is 0.338 e. The van der Waals surface area contributed by atoms with Crippen LogP contribution in [0.3, 0.4) is 0 Å². The lowest BCUT2D eigenvalue weighted by molar-refractivity contribution is -0.122. The molecule has 0 spiro atoms. The van der Waals surface area contributed by atoms with Crippen LogP contribution < -0.4 is 4.90 Å². The third kappa shape index (κ3) is 2.77. The van der Waals surface area contributed by atoms with E-state index >= 15 is 0 Å². The number of imide groups is 1. The highest BCUT2D eigenvalue weighted by molar-refractivity contribution is 6.30. The van der Waals surface area contributed by atoms with Crippen LogP contribution in [0.15, 0.2) is 35.4 Å². The molecule has 120 valence electrons. The van der Waals surface area contributed by atoms with Crippen LogP contribution in [0, 0.1) is 11.8 Å². The Morgan fingerprint density at radius 1 is 1.22 bits per heavy atom. The number of allylic oxidation sites excluding steroid dienone is 2. The summed E-state index contributed by atoms with van der Waals surface area (Å²) >= 11 is 6.00. The number of amides is 2. The lowest BCUT2D eigenvalue weighted by Gasteiger charge is -2.17. The number of hydrogen-bond acceptors (Lipinski definition) is 4. The van der Waals surface area contributed by atoms with Crippen LogP contribution in [-0.2, 0) is 14.3 Å². The molecule has 0 saturated carbocycles. The summed E-state index contributed by atoms with van der Waals surface area (Å²) in [5.41, 5.74) is 0.857. The molecule has 0 radical (unpaired) electrons. The zero-order chi connectivity index (χ0) is 16.6. The predicted molar refractivity (Wildman–Crippen MR) is 85.0 cm³/mol. The minimum Gasteiger partial charge on any atom is -0.462 e. The van der Waals surface area contributed by atoms with Gasteiger partial charge in [0.1, 0.15) is 0 Å². The van der Waals surface area contributed by atoms with E-state index in [9.17, 15) is 14.4 Å². The van der Waals surface area contributed by atoms with Gasteiger partial charge in [-0.2, -0.15) is 0 Å². The van der Waals surface area contributed by atoms with Crippen LogP contribution >= 0.6 is 11.6 Å². The maximum absolute atomic E-state index is 12.5. The third-order valence-electron chi connectivity index (χ3n) is 4.21. The molecule has 1 aliphatic carbocycles. The summed E-state index contributed by atoms with van der Waals surface area (Å²) < 4.78 is 4.92. The minimum absolute atomic E-state index is 0.204. The van der Waals surface area contributed by atoms with Crippen LogP contribution in [0.4, 0.5) is 5.69 Å². The number of anilines is 1. The highest BCUT2D eigenvalue weighted by Crippen LogP contribution is 2.40. The van der Waals surface area contributed by atoms with E-state index < -0.39 is 5.97 Å². The normalized spacial score (nSPS) is 23.6. The highest BCUT2D eigenvalue weighted by atomic mass is 35.5. The first-order chi connectivity index (χ1) is 11.0. The van der Waals surface area contributed by atoms with Gasteiger partial charge in [-0.3, -0.25) is 14.5 Å². The standard InChI is InChI=1S/C17H16ClNO4/c1-2-23-17(22)10-3-6-12(7-4-10)19-15(20)13-8-5-11(18)9-14(13)16(19)21/h3-7,13-14H,2,8-9H2,1H3/t13-,14-/m0/s1. The number of ether oxygens (including phenoxy) is 1. The summed E-state index contributed by atoms with van der Waals surface area (Å²) in [5.74, 6) is -1.58. The second kappa shape index (κ2) is 6.16. The van der Waals surface area contributed by atoms with Gasteiger partial charge in [-0.1, -0.05) is 17.7 Å². The van der Waals surface area contributed by atoms with Crippen molar-refractivity contribution in [3.63, 3.8) is 0 Å². The van der Waals surface area contributed by atoms with Gasteiger partial charge < -0.3 is 4.74 Å². The summed E-state index contributed by atoms with van der Waals surface area (Å²) in [6.07, 6.45) is 2.71. The third-order valence-corrected chi connectivity index (χ3v) is 4.51. The molecule has 0 N–H and O–H groups in total. The Morgan fingerprint density at radius 2 is 1.87 bits per heavy atom. The number of benzene rings is 1. The summed E-state index contributed by atoms with van der Waals surface area (Å²) in [6, 6.07) is 6.30. The van der Waals surface area contributed by atoms with Crippen molar-refractivity contribution in [3.05, 3.63) is 40.9 Å². The molecular weight excluding hydrogens is 318 g/mol. The number of fused-ring (bicyclic) bond motifs is 1. The SMILES string of the molecule is CCOC(=O)c1ccc(N2C(=O)[C@H]3CC=C(Cl)C[C@@H]3C2=O)cc1. The predicted octanol–water partition coefficient (Wildman–Crippen LogP) is 2.89. The van der Waals surface area contributed by atoms with Crippen molar-refractivity contribution in [2.75, 3.05) is 11.5 Å². The molecule has 0 unspecified atom stereocenters. The van der Waals surface area contributed by atoms with E-state index in [4.69, 9.17) is 16.3 Å². The fourth-order valence-corrected chi connectivity index (χ4v) is 3.30. The van der Waals surface area contributed by atoms with Gasteiger partial charge in [0, 0.05) is 5.03 Å². The maximum Gasteiger partial charge on any atom is 0.338 e. The summed E-state index contributed by atoms with van der Waals surface area (Å²) in [7, 11) is 0. The van der Waals surface area contributed by atoms with Crippen molar-refractivity contribution in [1.82, 2.24) is 0 Å². The largest absolute Gasteiger partial charge is 0.462 e. The molecule has 1 heterocycles. The van der Waals surface area contributed by atoms with Crippen molar-refractivity contribution in [2.24, 2.45) is 11.8 Å². The van der Waals surface area contributed by atoms with E-state index in [1.54, 1.807) is 37.3 Å². The maximum atomic E-state index is 12.5. The molecule has 0 bridgehead atoms. The number of hydrogen-bond donors (Lipinski definition) is 0. The Hall–Kier alpha value is -2.14. The quantitative estimate of drug-likeness (QED) is 0.630. The summed E-state index contributed by atoms with van der Waals surface area (Å²) in [4.78, 5) is 37.9. The van der Waals surface area contributed by atoms with Gasteiger partial charge >= 0.3 is 5.97 Å². The van der Waals surface area contributed by atoms with Gasteiger partial charge in [0.05, 0.1) is 29.7 Å².